The SMILES string of the molecule is FC(F)SCc1ccc(CNc2c(Br)cc(Br)cc2Br)o1. The summed E-state index contributed by atoms with van der Waals surface area (Å²) in [5.74, 6) is -0.970. The van der Waals surface area contributed by atoms with E-state index in [1.807, 2.05) is 12.1 Å². The zero-order valence-electron chi connectivity index (χ0n) is 10.5. The van der Waals surface area contributed by atoms with E-state index in [9.17, 15) is 8.78 Å². The van der Waals surface area contributed by atoms with Crippen LogP contribution in [0, 0.1) is 0 Å². The minimum Gasteiger partial charge on any atom is -0.463 e. The number of hydrogen-bond acceptors (Lipinski definition) is 3. The smallest absolute Gasteiger partial charge is 0.284 e. The number of rotatable bonds is 6. The van der Waals surface area contributed by atoms with Gasteiger partial charge in [0.2, 0.25) is 0 Å². The summed E-state index contributed by atoms with van der Waals surface area (Å²) in [5, 5.41) is 3.24. The number of alkyl halides is 2. The van der Waals surface area contributed by atoms with Crippen LogP contribution in [0.1, 0.15) is 11.5 Å². The summed E-state index contributed by atoms with van der Waals surface area (Å²) in [7, 11) is 0. The Bertz CT molecular complexity index is 598. The normalized spacial score (nSPS) is 11.1. The molecular formula is C13H10Br3F2NOS. The van der Waals surface area contributed by atoms with Gasteiger partial charge in [-0.15, -0.1) is 0 Å². The average Bonchev–Trinajstić information content (AvgIpc) is 2.83. The topological polar surface area (TPSA) is 25.2 Å². The van der Waals surface area contributed by atoms with E-state index >= 15 is 0 Å². The van der Waals surface area contributed by atoms with E-state index < -0.39 is 5.76 Å². The molecule has 2 rings (SSSR count). The molecule has 0 saturated heterocycles. The summed E-state index contributed by atoms with van der Waals surface area (Å²) >= 11 is 10.9. The van der Waals surface area contributed by atoms with E-state index in [0.717, 1.165) is 19.1 Å². The summed E-state index contributed by atoms with van der Waals surface area (Å²) < 4.78 is 32.5. The Hall–Kier alpha value is -0.0500. The Morgan fingerprint density at radius 2 is 1.71 bits per heavy atom. The van der Waals surface area contributed by atoms with Gasteiger partial charge in [0.05, 0.1) is 18.0 Å². The molecule has 1 heterocycles. The lowest BCUT2D eigenvalue weighted by atomic mass is 10.3. The third kappa shape index (κ3) is 5.26. The zero-order chi connectivity index (χ0) is 15.4. The monoisotopic (exact) mass is 503 g/mol. The van der Waals surface area contributed by atoms with Crippen molar-refractivity contribution in [2.24, 2.45) is 0 Å². The molecule has 8 heteroatoms. The van der Waals surface area contributed by atoms with Crippen molar-refractivity contribution in [1.29, 1.82) is 0 Å². The van der Waals surface area contributed by atoms with Gasteiger partial charge in [-0.2, -0.15) is 8.78 Å². The highest BCUT2D eigenvalue weighted by Gasteiger charge is 2.09. The summed E-state index contributed by atoms with van der Waals surface area (Å²) in [6, 6.07) is 7.37. The third-order valence-electron chi connectivity index (χ3n) is 2.52. The molecule has 1 aromatic heterocycles. The first-order valence-electron chi connectivity index (χ1n) is 5.81. The second-order valence-corrected chi connectivity index (χ2v) is 7.64. The number of nitrogens with one attached hydrogen (secondary N) is 1. The highest BCUT2D eigenvalue weighted by Crippen LogP contribution is 2.34. The highest BCUT2D eigenvalue weighted by molar-refractivity contribution is 9.11. The summed E-state index contributed by atoms with van der Waals surface area (Å²) in [5.41, 5.74) is 0.901. The number of benzene rings is 1. The van der Waals surface area contributed by atoms with Gasteiger partial charge in [-0.1, -0.05) is 27.7 Å². The molecule has 0 atom stereocenters. The van der Waals surface area contributed by atoms with Crippen LogP contribution in [-0.2, 0) is 12.3 Å². The van der Waals surface area contributed by atoms with E-state index in [4.69, 9.17) is 4.42 Å². The molecule has 0 aliphatic carbocycles. The fraction of sp³-hybridized carbons (Fsp3) is 0.231. The van der Waals surface area contributed by atoms with Gasteiger partial charge in [-0.25, -0.2) is 0 Å². The second-order valence-electron chi connectivity index (χ2n) is 4.04. The average molecular weight is 506 g/mol. The van der Waals surface area contributed by atoms with E-state index in [1.165, 1.54) is 0 Å². The van der Waals surface area contributed by atoms with E-state index in [0.29, 0.717) is 29.8 Å². The maximum atomic E-state index is 12.1. The number of furan rings is 1. The van der Waals surface area contributed by atoms with Gasteiger partial charge < -0.3 is 9.73 Å². The van der Waals surface area contributed by atoms with Gasteiger partial charge in [-0.3, -0.25) is 0 Å². The van der Waals surface area contributed by atoms with Crippen molar-refractivity contribution in [3.8, 4) is 0 Å². The van der Waals surface area contributed by atoms with Gasteiger partial charge in [-0.05, 0) is 56.1 Å². The minimum absolute atomic E-state index is 0.170. The number of halogens is 5. The van der Waals surface area contributed by atoms with Crippen molar-refractivity contribution in [2.45, 2.75) is 18.1 Å². The maximum absolute atomic E-state index is 12.1. The van der Waals surface area contributed by atoms with Gasteiger partial charge in [0.15, 0.2) is 0 Å². The standard InChI is InChI=1S/C13H10Br3F2NOS/c14-7-3-10(15)12(11(16)4-7)19-5-8-1-2-9(20-8)6-21-13(17)18/h1-4,13,19H,5-6H2. The maximum Gasteiger partial charge on any atom is 0.284 e. The lowest BCUT2D eigenvalue weighted by Crippen LogP contribution is -2.00. The predicted molar refractivity (Wildman–Crippen MR) is 92.9 cm³/mol. The van der Waals surface area contributed by atoms with Crippen LogP contribution in [0.4, 0.5) is 14.5 Å². The van der Waals surface area contributed by atoms with Crippen LogP contribution in [0.25, 0.3) is 0 Å². The summed E-state index contributed by atoms with van der Waals surface area (Å²) in [6.45, 7) is 0.470. The van der Waals surface area contributed by atoms with E-state index in [1.54, 1.807) is 12.1 Å². The Labute approximate surface area is 150 Å². The molecule has 0 unspecified atom stereocenters. The number of thioether (sulfide) groups is 1. The second kappa shape index (κ2) is 7.99. The van der Waals surface area contributed by atoms with Gasteiger partial charge in [0.1, 0.15) is 11.5 Å². The van der Waals surface area contributed by atoms with E-state index in [-0.39, 0.29) is 5.75 Å². The molecule has 0 amide bonds. The third-order valence-corrected chi connectivity index (χ3v) is 4.93. The Kier molecular flexibility index (Phi) is 6.58. The quantitative estimate of drug-likeness (QED) is 0.476. The van der Waals surface area contributed by atoms with Crippen molar-refractivity contribution in [1.82, 2.24) is 0 Å². The molecule has 0 aliphatic rings. The van der Waals surface area contributed by atoms with Gasteiger partial charge in [0.25, 0.3) is 5.76 Å². The molecule has 0 bridgehead atoms. The molecule has 2 nitrogen and oxygen atoms in total. The van der Waals surface area contributed by atoms with Crippen LogP contribution in [-0.4, -0.2) is 5.76 Å². The first-order valence-corrected chi connectivity index (χ1v) is 9.24. The van der Waals surface area contributed by atoms with Crippen LogP contribution >= 0.6 is 59.6 Å². The fourth-order valence-electron chi connectivity index (χ4n) is 1.63. The van der Waals surface area contributed by atoms with E-state index in [2.05, 4.69) is 53.1 Å². The number of anilines is 1. The minimum atomic E-state index is -2.38. The van der Waals surface area contributed by atoms with Crippen molar-refractivity contribution in [3.05, 3.63) is 49.2 Å². The molecule has 0 saturated carbocycles. The fourth-order valence-corrected chi connectivity index (χ4v) is 4.61. The first-order chi connectivity index (χ1) is 9.95. The lowest BCUT2D eigenvalue weighted by molar-refractivity contribution is 0.251. The van der Waals surface area contributed by atoms with Crippen molar-refractivity contribution in [3.63, 3.8) is 0 Å². The van der Waals surface area contributed by atoms with Gasteiger partial charge in [0, 0.05) is 13.4 Å². The zero-order valence-corrected chi connectivity index (χ0v) is 16.1. The van der Waals surface area contributed by atoms with Crippen LogP contribution in [0.3, 0.4) is 0 Å². The molecule has 1 aromatic carbocycles. The molecule has 1 N–H and O–H groups in total. The largest absolute Gasteiger partial charge is 0.463 e. The molecular weight excluding hydrogens is 496 g/mol. The molecule has 21 heavy (non-hydrogen) atoms. The Balaban J connectivity index is 1.97. The van der Waals surface area contributed by atoms with Crippen LogP contribution in [0.15, 0.2) is 42.1 Å². The van der Waals surface area contributed by atoms with Gasteiger partial charge >= 0.3 is 0 Å². The summed E-state index contributed by atoms with van der Waals surface area (Å²) in [6.07, 6.45) is 0. The number of hydrogen-bond donors (Lipinski definition) is 1. The Morgan fingerprint density at radius 3 is 2.33 bits per heavy atom. The van der Waals surface area contributed by atoms with Crippen molar-refractivity contribution >= 4 is 65.2 Å². The predicted octanol–water partition coefficient (Wildman–Crippen LogP) is 6.64. The molecule has 0 aliphatic heterocycles. The summed E-state index contributed by atoms with van der Waals surface area (Å²) in [4.78, 5) is 0. The molecule has 114 valence electrons. The van der Waals surface area contributed by atoms with Crippen LogP contribution < -0.4 is 5.32 Å². The van der Waals surface area contributed by atoms with Crippen molar-refractivity contribution in [2.75, 3.05) is 5.32 Å². The Morgan fingerprint density at radius 1 is 1.10 bits per heavy atom. The highest BCUT2D eigenvalue weighted by atomic mass is 79.9. The van der Waals surface area contributed by atoms with Crippen LogP contribution in [0.2, 0.25) is 0 Å². The molecule has 0 spiro atoms. The lowest BCUT2D eigenvalue weighted by Gasteiger charge is -2.10. The van der Waals surface area contributed by atoms with Crippen LogP contribution in [0.5, 0.6) is 0 Å². The van der Waals surface area contributed by atoms with Crippen molar-refractivity contribution < 1.29 is 13.2 Å². The first kappa shape index (κ1) is 17.3. The molecule has 2 aromatic rings. The molecule has 0 fully saturated rings. The molecule has 0 radical (unpaired) electrons.